The molecule has 28 heavy (non-hydrogen) atoms. The molecule has 0 saturated heterocycles. The Morgan fingerprint density at radius 2 is 1.11 bits per heavy atom. The van der Waals surface area contributed by atoms with E-state index in [1.165, 1.54) is 64.2 Å². The van der Waals surface area contributed by atoms with E-state index in [1.807, 2.05) is 27.7 Å². The molecule has 0 saturated carbocycles. The van der Waals surface area contributed by atoms with Crippen LogP contribution in [0.3, 0.4) is 0 Å². The highest BCUT2D eigenvalue weighted by atomic mass is 16.3. The first-order valence-electron chi connectivity index (χ1n) is 12.2. The fraction of sp³-hybridized carbons (Fsp3) is 1.00. The molecule has 3 nitrogen and oxygen atoms in total. The van der Waals surface area contributed by atoms with Crippen LogP contribution in [0.4, 0.5) is 0 Å². The fourth-order valence-corrected chi connectivity index (χ4v) is 2.51. The molecule has 0 heterocycles. The van der Waals surface area contributed by atoms with Crippen LogP contribution < -0.4 is 0 Å². The van der Waals surface area contributed by atoms with Gasteiger partial charge in [-0.2, -0.15) is 0 Å². The highest BCUT2D eigenvalue weighted by Crippen LogP contribution is 2.18. The maximum absolute atomic E-state index is 9.41. The average Bonchev–Trinajstić information content (AvgIpc) is 2.67. The first kappa shape index (κ1) is 32.5. The largest absolute Gasteiger partial charge is 0.396 e. The van der Waals surface area contributed by atoms with Gasteiger partial charge in [0.2, 0.25) is 0 Å². The zero-order chi connectivity index (χ0) is 22.3. The van der Waals surface area contributed by atoms with E-state index in [0.717, 1.165) is 25.7 Å². The summed E-state index contributed by atoms with van der Waals surface area (Å²) in [6.45, 7) is 14.9. The first-order valence-corrected chi connectivity index (χ1v) is 12.2. The van der Waals surface area contributed by atoms with Gasteiger partial charge >= 0.3 is 0 Å². The normalized spacial score (nSPS) is 13.8. The zero-order valence-electron chi connectivity index (χ0n) is 20.6. The van der Waals surface area contributed by atoms with Gasteiger partial charge in [0.05, 0.1) is 11.7 Å². The Bertz CT molecular complexity index is 259. The molecule has 2 atom stereocenters. The minimum Gasteiger partial charge on any atom is -0.396 e. The number of unbranched alkanes of at least 4 members (excludes halogenated alkanes) is 8. The van der Waals surface area contributed by atoms with E-state index >= 15 is 0 Å². The maximum atomic E-state index is 9.41. The third-order valence-corrected chi connectivity index (χ3v) is 5.50. The summed E-state index contributed by atoms with van der Waals surface area (Å²) in [7, 11) is 0. The lowest BCUT2D eigenvalue weighted by molar-refractivity contribution is 0.00997. The van der Waals surface area contributed by atoms with Gasteiger partial charge in [0.15, 0.2) is 0 Å². The monoisotopic (exact) mass is 404 g/mol. The van der Waals surface area contributed by atoms with Crippen molar-refractivity contribution in [2.45, 2.75) is 150 Å². The summed E-state index contributed by atoms with van der Waals surface area (Å²) < 4.78 is 0. The summed E-state index contributed by atoms with van der Waals surface area (Å²) >= 11 is 0. The van der Waals surface area contributed by atoms with E-state index in [0.29, 0.717) is 12.5 Å². The topological polar surface area (TPSA) is 60.7 Å². The van der Waals surface area contributed by atoms with Crippen molar-refractivity contribution >= 4 is 0 Å². The quantitative estimate of drug-likeness (QED) is 0.252. The summed E-state index contributed by atoms with van der Waals surface area (Å²) in [6.07, 6.45) is 16.4. The molecule has 0 aromatic carbocycles. The van der Waals surface area contributed by atoms with Crippen LogP contribution >= 0.6 is 0 Å². The van der Waals surface area contributed by atoms with Gasteiger partial charge in [-0.25, -0.2) is 0 Å². The third-order valence-electron chi connectivity index (χ3n) is 5.50. The van der Waals surface area contributed by atoms with Gasteiger partial charge in [-0.3, -0.25) is 0 Å². The molecule has 0 aliphatic heterocycles. The Hall–Kier alpha value is -0.120. The zero-order valence-corrected chi connectivity index (χ0v) is 20.6. The Morgan fingerprint density at radius 3 is 1.50 bits per heavy atom. The minimum atomic E-state index is -0.458. The maximum Gasteiger partial charge on any atom is 0.0639 e. The van der Waals surface area contributed by atoms with Crippen LogP contribution in [0.25, 0.3) is 0 Å². The molecular formula is C25H56O3. The molecule has 0 spiro atoms. The van der Waals surface area contributed by atoms with Crippen molar-refractivity contribution in [3.63, 3.8) is 0 Å². The minimum absolute atomic E-state index is 0.0264. The van der Waals surface area contributed by atoms with Crippen LogP contribution in [0, 0.1) is 5.92 Å². The molecule has 3 heteroatoms. The molecule has 0 amide bonds. The lowest BCUT2D eigenvalue weighted by Crippen LogP contribution is -2.29. The van der Waals surface area contributed by atoms with Gasteiger partial charge in [-0.1, -0.05) is 106 Å². The second kappa shape index (κ2) is 24.9. The molecule has 0 aromatic heterocycles. The Labute approximate surface area is 178 Å². The molecule has 0 radical (unpaired) electrons. The van der Waals surface area contributed by atoms with E-state index in [2.05, 4.69) is 20.8 Å². The second-order valence-corrected chi connectivity index (χ2v) is 8.65. The smallest absolute Gasteiger partial charge is 0.0639 e. The predicted molar refractivity (Wildman–Crippen MR) is 126 cm³/mol. The molecule has 0 aromatic rings. The van der Waals surface area contributed by atoms with Crippen molar-refractivity contribution in [3.05, 3.63) is 0 Å². The molecule has 0 fully saturated rings. The standard InChI is InChI=1S/C10H22O.C8H18O.C7H16O/c1-3-5-7-9-10(11)8-6-4-2;1-2-3-4-5-6-7-8-9;1-5-7(4,8)6(2)3/h10-11H,3-9H2,1-2H3;9H,2-8H2,1H3;6,8H,5H2,1-4H3. The fourth-order valence-electron chi connectivity index (χ4n) is 2.51. The molecule has 0 bridgehead atoms. The van der Waals surface area contributed by atoms with E-state index in [1.54, 1.807) is 0 Å². The highest BCUT2D eigenvalue weighted by molar-refractivity contribution is 4.73. The molecule has 0 aliphatic rings. The Balaban J connectivity index is -0.000000340. The SMILES string of the molecule is CCC(C)(O)C(C)C.CCCCCC(O)CCCC.CCCCCCCCO. The number of hydrogen-bond acceptors (Lipinski definition) is 3. The molecule has 0 aliphatic carbocycles. The van der Waals surface area contributed by atoms with Gasteiger partial charge in [-0.15, -0.1) is 0 Å². The predicted octanol–water partition coefficient (Wildman–Crippen LogP) is 7.26. The van der Waals surface area contributed by atoms with E-state index in [9.17, 15) is 10.2 Å². The summed E-state index contributed by atoms with van der Waals surface area (Å²) in [5.41, 5.74) is -0.458. The summed E-state index contributed by atoms with van der Waals surface area (Å²) in [5.74, 6) is 0.368. The van der Waals surface area contributed by atoms with E-state index in [4.69, 9.17) is 5.11 Å². The summed E-state index contributed by atoms with van der Waals surface area (Å²) in [4.78, 5) is 0. The number of aliphatic hydroxyl groups excluding tert-OH is 2. The van der Waals surface area contributed by atoms with Crippen molar-refractivity contribution in [3.8, 4) is 0 Å². The van der Waals surface area contributed by atoms with Gasteiger partial charge in [0.1, 0.15) is 0 Å². The van der Waals surface area contributed by atoms with Crippen molar-refractivity contribution in [1.82, 2.24) is 0 Å². The molecule has 2 unspecified atom stereocenters. The number of aliphatic hydroxyl groups is 3. The van der Waals surface area contributed by atoms with Crippen LogP contribution in [0.2, 0.25) is 0 Å². The molecule has 0 rings (SSSR count). The lowest BCUT2D eigenvalue weighted by atomic mass is 9.90. The molecular weight excluding hydrogens is 348 g/mol. The second-order valence-electron chi connectivity index (χ2n) is 8.65. The van der Waals surface area contributed by atoms with Crippen LogP contribution in [0.15, 0.2) is 0 Å². The van der Waals surface area contributed by atoms with Crippen LogP contribution in [0.5, 0.6) is 0 Å². The van der Waals surface area contributed by atoms with E-state index in [-0.39, 0.29) is 6.10 Å². The van der Waals surface area contributed by atoms with Gasteiger partial charge < -0.3 is 15.3 Å². The Kier molecular flexibility index (Phi) is 29.0. The summed E-state index contributed by atoms with van der Waals surface area (Å²) in [5, 5.41) is 27.2. The average molecular weight is 405 g/mol. The third kappa shape index (κ3) is 28.1. The van der Waals surface area contributed by atoms with Crippen LogP contribution in [-0.4, -0.2) is 33.6 Å². The van der Waals surface area contributed by atoms with Crippen molar-refractivity contribution in [2.75, 3.05) is 6.61 Å². The van der Waals surface area contributed by atoms with Crippen LogP contribution in [-0.2, 0) is 0 Å². The van der Waals surface area contributed by atoms with Gasteiger partial charge in [0.25, 0.3) is 0 Å². The van der Waals surface area contributed by atoms with E-state index < -0.39 is 5.60 Å². The number of rotatable bonds is 15. The molecule has 174 valence electrons. The molecule has 3 N–H and O–H groups in total. The van der Waals surface area contributed by atoms with Gasteiger partial charge in [0, 0.05) is 6.61 Å². The first-order chi connectivity index (χ1) is 13.2. The van der Waals surface area contributed by atoms with Crippen molar-refractivity contribution in [2.24, 2.45) is 5.92 Å². The lowest BCUT2D eigenvalue weighted by Gasteiger charge is -2.25. The van der Waals surface area contributed by atoms with Crippen molar-refractivity contribution in [1.29, 1.82) is 0 Å². The number of hydrogen-bond donors (Lipinski definition) is 3. The Morgan fingerprint density at radius 1 is 0.679 bits per heavy atom. The van der Waals surface area contributed by atoms with Crippen molar-refractivity contribution < 1.29 is 15.3 Å². The summed E-state index contributed by atoms with van der Waals surface area (Å²) in [6, 6.07) is 0. The van der Waals surface area contributed by atoms with Crippen LogP contribution in [0.1, 0.15) is 138 Å². The van der Waals surface area contributed by atoms with Gasteiger partial charge in [-0.05, 0) is 38.5 Å². The highest BCUT2D eigenvalue weighted by Gasteiger charge is 2.21.